The van der Waals surface area contributed by atoms with Gasteiger partial charge in [-0.2, -0.15) is 0 Å². The van der Waals surface area contributed by atoms with Crippen LogP contribution in [0.25, 0.3) is 0 Å². The Balaban J connectivity index is 1.89. The van der Waals surface area contributed by atoms with E-state index in [1.165, 1.54) is 16.2 Å². The highest BCUT2D eigenvalue weighted by atomic mass is 32.1. The van der Waals surface area contributed by atoms with Crippen LogP contribution in [0.1, 0.15) is 36.4 Å². The number of nitrogens with zero attached hydrogens (tertiary/aromatic N) is 2. The Hall–Kier alpha value is -1.14. The number of hydrogen-bond acceptors (Lipinski definition) is 4. The third-order valence-electron chi connectivity index (χ3n) is 4.00. The van der Waals surface area contributed by atoms with E-state index in [2.05, 4.69) is 4.98 Å². The van der Waals surface area contributed by atoms with Gasteiger partial charge in [-0.3, -0.25) is 0 Å². The Labute approximate surface area is 109 Å². The van der Waals surface area contributed by atoms with Crippen molar-refractivity contribution in [3.8, 4) is 0 Å². The van der Waals surface area contributed by atoms with Gasteiger partial charge in [-0.25, -0.2) is 9.78 Å². The predicted octanol–water partition coefficient (Wildman–Crippen LogP) is 1.94. The summed E-state index contributed by atoms with van der Waals surface area (Å²) < 4.78 is 0. The molecule has 3 heterocycles. The largest absolute Gasteiger partial charge is 0.465 e. The summed E-state index contributed by atoms with van der Waals surface area (Å²) in [7, 11) is 0. The minimum absolute atomic E-state index is 0.0598. The van der Waals surface area contributed by atoms with Crippen LogP contribution >= 0.6 is 11.3 Å². The maximum Gasteiger partial charge on any atom is 0.407 e. The fraction of sp³-hybridized carbons (Fsp3) is 0.667. The number of thiazole rings is 1. The van der Waals surface area contributed by atoms with Gasteiger partial charge < -0.3 is 15.1 Å². The van der Waals surface area contributed by atoms with E-state index in [1.807, 2.05) is 12.3 Å². The van der Waals surface area contributed by atoms with Crippen LogP contribution in [0.4, 0.5) is 4.79 Å². The smallest absolute Gasteiger partial charge is 0.407 e. The zero-order chi connectivity index (χ0) is 12.9. The van der Waals surface area contributed by atoms with Gasteiger partial charge in [0.15, 0.2) is 0 Å². The second-order valence-electron chi connectivity index (χ2n) is 5.31. The molecule has 2 atom stereocenters. The normalized spacial score (nSPS) is 34.9. The highest BCUT2D eigenvalue weighted by molar-refractivity contribution is 7.09. The molecule has 2 bridgehead atoms. The molecule has 2 aliphatic rings. The molecular formula is C12H16N2O3S. The summed E-state index contributed by atoms with van der Waals surface area (Å²) in [4.78, 5) is 17.1. The van der Waals surface area contributed by atoms with E-state index in [0.29, 0.717) is 12.8 Å². The van der Waals surface area contributed by atoms with Gasteiger partial charge in [-0.05, 0) is 19.8 Å². The number of aromatic nitrogens is 1. The van der Waals surface area contributed by atoms with Gasteiger partial charge >= 0.3 is 6.09 Å². The van der Waals surface area contributed by atoms with Crippen molar-refractivity contribution in [3.63, 3.8) is 0 Å². The molecule has 98 valence electrons. The molecule has 1 aromatic rings. The second-order valence-corrected chi connectivity index (χ2v) is 6.17. The van der Waals surface area contributed by atoms with Crippen LogP contribution in [-0.4, -0.2) is 38.3 Å². The summed E-state index contributed by atoms with van der Waals surface area (Å²) in [6.45, 7) is 1.91. The van der Waals surface area contributed by atoms with Crippen molar-refractivity contribution in [2.75, 3.05) is 0 Å². The van der Waals surface area contributed by atoms with Gasteiger partial charge in [0.2, 0.25) is 0 Å². The van der Waals surface area contributed by atoms with Gasteiger partial charge in [0.25, 0.3) is 0 Å². The molecule has 1 amide bonds. The Kier molecular flexibility index (Phi) is 2.60. The zero-order valence-electron chi connectivity index (χ0n) is 10.2. The van der Waals surface area contributed by atoms with Crippen molar-refractivity contribution < 1.29 is 15.0 Å². The molecule has 2 N–H and O–H groups in total. The summed E-state index contributed by atoms with van der Waals surface area (Å²) in [5.41, 5.74) is -0.0205. The van der Waals surface area contributed by atoms with Crippen molar-refractivity contribution in [2.45, 2.75) is 50.3 Å². The number of carboxylic acid groups (broad SMARTS) is 1. The Morgan fingerprint density at radius 3 is 2.56 bits per heavy atom. The first-order chi connectivity index (χ1) is 8.49. The lowest BCUT2D eigenvalue weighted by Gasteiger charge is -2.41. The molecule has 0 aliphatic carbocycles. The molecule has 2 unspecified atom stereocenters. The average Bonchev–Trinajstić information content (AvgIpc) is 2.83. The molecule has 2 aliphatic heterocycles. The second kappa shape index (κ2) is 3.93. The van der Waals surface area contributed by atoms with Gasteiger partial charge in [0.1, 0.15) is 10.6 Å². The molecule has 6 heteroatoms. The van der Waals surface area contributed by atoms with Gasteiger partial charge in [-0.15, -0.1) is 11.3 Å². The van der Waals surface area contributed by atoms with E-state index in [4.69, 9.17) is 0 Å². The van der Waals surface area contributed by atoms with E-state index < -0.39 is 11.7 Å². The lowest BCUT2D eigenvalue weighted by molar-refractivity contribution is -0.0494. The van der Waals surface area contributed by atoms with E-state index in [-0.39, 0.29) is 12.1 Å². The minimum Gasteiger partial charge on any atom is -0.465 e. The van der Waals surface area contributed by atoms with Crippen molar-refractivity contribution in [1.82, 2.24) is 9.88 Å². The third kappa shape index (κ3) is 1.71. The minimum atomic E-state index is -0.934. The summed E-state index contributed by atoms with van der Waals surface area (Å²) in [6.07, 6.45) is 1.79. The molecule has 0 aromatic carbocycles. The van der Waals surface area contributed by atoms with E-state index in [1.54, 1.807) is 0 Å². The van der Waals surface area contributed by atoms with E-state index in [9.17, 15) is 15.0 Å². The molecule has 5 nitrogen and oxygen atoms in total. The quantitative estimate of drug-likeness (QED) is 0.816. The first-order valence-electron chi connectivity index (χ1n) is 6.16. The number of amides is 1. The highest BCUT2D eigenvalue weighted by Gasteiger charge is 2.51. The number of carbonyl (C=O) groups is 1. The van der Waals surface area contributed by atoms with Crippen molar-refractivity contribution in [1.29, 1.82) is 0 Å². The molecule has 1 aromatic heterocycles. The first-order valence-corrected chi connectivity index (χ1v) is 7.04. The number of fused-ring (bicyclic) bond motifs is 2. The molecule has 0 saturated carbocycles. The van der Waals surface area contributed by atoms with Gasteiger partial charge in [0.05, 0.1) is 0 Å². The van der Waals surface area contributed by atoms with Crippen LogP contribution in [0, 0.1) is 6.92 Å². The Morgan fingerprint density at radius 2 is 2.11 bits per heavy atom. The Morgan fingerprint density at radius 1 is 1.50 bits per heavy atom. The zero-order valence-corrected chi connectivity index (χ0v) is 11.0. The summed E-state index contributed by atoms with van der Waals surface area (Å²) in [5.74, 6) is 0. The summed E-state index contributed by atoms with van der Waals surface area (Å²) >= 11 is 1.47. The number of aryl methyl sites for hydroxylation is 1. The number of rotatable bonds is 1. The van der Waals surface area contributed by atoms with Crippen LogP contribution < -0.4 is 0 Å². The molecule has 0 radical (unpaired) electrons. The van der Waals surface area contributed by atoms with E-state index >= 15 is 0 Å². The standard InChI is InChI=1S/C12H16N2O3S/c1-7-6-18-10(13-7)12(17)4-8-2-3-9(5-12)14(8)11(15)16/h6,8-9,17H,2-5H2,1H3,(H,15,16). The molecule has 2 saturated heterocycles. The number of piperidine rings is 1. The van der Waals surface area contributed by atoms with Gasteiger partial charge in [-0.1, -0.05) is 0 Å². The molecule has 18 heavy (non-hydrogen) atoms. The monoisotopic (exact) mass is 268 g/mol. The van der Waals surface area contributed by atoms with Crippen molar-refractivity contribution >= 4 is 17.4 Å². The molecular weight excluding hydrogens is 252 g/mol. The lowest BCUT2D eigenvalue weighted by Crippen LogP contribution is -2.51. The van der Waals surface area contributed by atoms with Crippen molar-refractivity contribution in [3.05, 3.63) is 16.1 Å². The van der Waals surface area contributed by atoms with Crippen LogP contribution in [0.3, 0.4) is 0 Å². The fourth-order valence-corrected chi connectivity index (χ4v) is 4.20. The number of hydrogen-bond donors (Lipinski definition) is 2. The maximum atomic E-state index is 11.2. The van der Waals surface area contributed by atoms with Crippen LogP contribution in [0.5, 0.6) is 0 Å². The summed E-state index contributed by atoms with van der Waals surface area (Å²) in [5, 5.41) is 22.6. The molecule has 0 spiro atoms. The SMILES string of the molecule is Cc1csc(C2(O)CC3CCC(C2)N3C(=O)O)n1. The topological polar surface area (TPSA) is 73.7 Å². The first kappa shape index (κ1) is 11.9. The maximum absolute atomic E-state index is 11.2. The van der Waals surface area contributed by atoms with Crippen molar-refractivity contribution in [2.24, 2.45) is 0 Å². The molecule has 3 rings (SSSR count). The Bertz CT molecular complexity index is 473. The van der Waals surface area contributed by atoms with Crippen LogP contribution in [0.15, 0.2) is 5.38 Å². The fourth-order valence-electron chi connectivity index (χ4n) is 3.28. The summed E-state index contributed by atoms with van der Waals surface area (Å²) in [6, 6.07) is -0.120. The third-order valence-corrected chi connectivity index (χ3v) is 5.16. The van der Waals surface area contributed by atoms with Gasteiger partial charge in [0, 0.05) is 36.0 Å². The van der Waals surface area contributed by atoms with E-state index in [0.717, 1.165) is 23.5 Å². The van der Waals surface area contributed by atoms with Crippen LogP contribution in [-0.2, 0) is 5.60 Å². The molecule has 2 fully saturated rings. The van der Waals surface area contributed by atoms with Crippen LogP contribution in [0.2, 0.25) is 0 Å². The average molecular weight is 268 g/mol. The lowest BCUT2D eigenvalue weighted by atomic mass is 9.87. The highest BCUT2D eigenvalue weighted by Crippen LogP contribution is 2.46. The predicted molar refractivity (Wildman–Crippen MR) is 66.7 cm³/mol. The number of aliphatic hydroxyl groups is 1.